The average molecular weight is 328 g/mol. The zero-order chi connectivity index (χ0) is 13.2. The quantitative estimate of drug-likeness (QED) is 0.906. The highest BCUT2D eigenvalue weighted by atomic mass is 79.9. The Bertz CT molecular complexity index is 456. The predicted octanol–water partition coefficient (Wildman–Crippen LogP) is 3.99. The Balaban J connectivity index is 1.89. The molecule has 1 N–H and O–H groups in total. The van der Waals surface area contributed by atoms with E-state index in [9.17, 15) is 4.39 Å². The Hall–Kier alpha value is -0.610. The van der Waals surface area contributed by atoms with E-state index in [1.807, 2.05) is 0 Å². The van der Waals surface area contributed by atoms with E-state index in [0.29, 0.717) is 12.0 Å². The topological polar surface area (TPSA) is 21.3 Å². The highest BCUT2D eigenvalue weighted by Crippen LogP contribution is 2.39. The highest BCUT2D eigenvalue weighted by molar-refractivity contribution is 9.10. The van der Waals surface area contributed by atoms with Gasteiger partial charge in [-0.1, -0.05) is 0 Å². The molecule has 0 radical (unpaired) electrons. The van der Waals surface area contributed by atoms with Gasteiger partial charge in [0.05, 0.1) is 10.6 Å². The molecule has 3 rings (SSSR count). The summed E-state index contributed by atoms with van der Waals surface area (Å²) < 4.78 is 20.5. The first kappa shape index (κ1) is 13.4. The van der Waals surface area contributed by atoms with Gasteiger partial charge in [0.15, 0.2) is 0 Å². The zero-order valence-electron chi connectivity index (χ0n) is 10.9. The molecule has 2 aliphatic rings. The number of ether oxygens (including phenoxy) is 1. The van der Waals surface area contributed by atoms with Crippen LogP contribution in [0.3, 0.4) is 0 Å². The monoisotopic (exact) mass is 327 g/mol. The average Bonchev–Trinajstić information content (AvgIpc) is 2.36. The molecule has 2 fully saturated rings. The standard InChI is InChI=1S/C15H19BrFNO/c16-14-8-11(17)7-13(10-3-2-6-18-9-10)15(14)19-12-4-1-5-12/h7-8,10,12,18H,1-6,9H2. The van der Waals surface area contributed by atoms with E-state index in [4.69, 9.17) is 4.74 Å². The van der Waals surface area contributed by atoms with Gasteiger partial charge < -0.3 is 10.1 Å². The minimum atomic E-state index is -0.187. The Morgan fingerprint density at radius 3 is 2.68 bits per heavy atom. The third-order valence-electron chi connectivity index (χ3n) is 4.11. The van der Waals surface area contributed by atoms with E-state index in [0.717, 1.165) is 54.6 Å². The summed E-state index contributed by atoms with van der Waals surface area (Å²) in [5.74, 6) is 1.03. The van der Waals surface area contributed by atoms with E-state index in [1.54, 1.807) is 6.07 Å². The van der Waals surface area contributed by atoms with E-state index < -0.39 is 0 Å². The predicted molar refractivity (Wildman–Crippen MR) is 77.2 cm³/mol. The summed E-state index contributed by atoms with van der Waals surface area (Å²) in [5.41, 5.74) is 1.02. The number of nitrogens with one attached hydrogen (secondary N) is 1. The van der Waals surface area contributed by atoms with Gasteiger partial charge in [0.25, 0.3) is 0 Å². The first-order chi connectivity index (χ1) is 9.24. The third kappa shape index (κ3) is 2.95. The summed E-state index contributed by atoms with van der Waals surface area (Å²) in [6.45, 7) is 1.97. The van der Waals surface area contributed by atoms with Crippen LogP contribution < -0.4 is 10.1 Å². The molecule has 19 heavy (non-hydrogen) atoms. The van der Waals surface area contributed by atoms with E-state index in [2.05, 4.69) is 21.2 Å². The lowest BCUT2D eigenvalue weighted by atomic mass is 9.90. The summed E-state index contributed by atoms with van der Waals surface area (Å²) in [5, 5.41) is 3.39. The van der Waals surface area contributed by atoms with Gasteiger partial charge in [-0.3, -0.25) is 0 Å². The second-order valence-corrected chi connectivity index (χ2v) is 6.37. The van der Waals surface area contributed by atoms with E-state index in [-0.39, 0.29) is 5.82 Å². The molecule has 1 aliphatic heterocycles. The summed E-state index contributed by atoms with van der Waals surface area (Å²) >= 11 is 3.46. The maximum Gasteiger partial charge on any atom is 0.137 e. The van der Waals surface area contributed by atoms with Gasteiger partial charge in [-0.05, 0) is 66.7 Å². The van der Waals surface area contributed by atoms with Gasteiger partial charge in [-0.2, -0.15) is 0 Å². The highest BCUT2D eigenvalue weighted by Gasteiger charge is 2.26. The molecule has 1 saturated heterocycles. The Labute approximate surface area is 121 Å². The fraction of sp³-hybridized carbons (Fsp3) is 0.600. The van der Waals surface area contributed by atoms with Crippen LogP contribution in [0.5, 0.6) is 5.75 Å². The SMILES string of the molecule is Fc1cc(Br)c(OC2CCC2)c(C2CCCNC2)c1. The fourth-order valence-electron chi connectivity index (χ4n) is 2.78. The lowest BCUT2D eigenvalue weighted by molar-refractivity contribution is 0.117. The van der Waals surface area contributed by atoms with Crippen molar-refractivity contribution in [3.63, 3.8) is 0 Å². The van der Waals surface area contributed by atoms with Crippen molar-refractivity contribution in [2.75, 3.05) is 13.1 Å². The summed E-state index contributed by atoms with van der Waals surface area (Å²) in [4.78, 5) is 0. The van der Waals surface area contributed by atoms with Crippen LogP contribution in [0.2, 0.25) is 0 Å². The van der Waals surface area contributed by atoms with Gasteiger partial charge >= 0.3 is 0 Å². The molecule has 1 aromatic rings. The lowest BCUT2D eigenvalue weighted by Gasteiger charge is -2.31. The Kier molecular flexibility index (Phi) is 4.08. The molecule has 1 heterocycles. The van der Waals surface area contributed by atoms with Crippen molar-refractivity contribution in [3.05, 3.63) is 28.0 Å². The minimum absolute atomic E-state index is 0.187. The van der Waals surface area contributed by atoms with Gasteiger partial charge in [0, 0.05) is 18.0 Å². The van der Waals surface area contributed by atoms with Crippen molar-refractivity contribution in [2.45, 2.75) is 44.1 Å². The van der Waals surface area contributed by atoms with Crippen LogP contribution >= 0.6 is 15.9 Å². The molecule has 1 aliphatic carbocycles. The third-order valence-corrected chi connectivity index (χ3v) is 4.70. The smallest absolute Gasteiger partial charge is 0.137 e. The number of halogens is 2. The van der Waals surface area contributed by atoms with Gasteiger partial charge in [0.1, 0.15) is 11.6 Å². The molecule has 0 bridgehead atoms. The normalized spacial score (nSPS) is 24.0. The molecule has 1 unspecified atom stereocenters. The Morgan fingerprint density at radius 2 is 2.05 bits per heavy atom. The second kappa shape index (κ2) is 5.80. The summed E-state index contributed by atoms with van der Waals surface area (Å²) in [6.07, 6.45) is 6.03. The van der Waals surface area contributed by atoms with Crippen molar-refractivity contribution in [2.24, 2.45) is 0 Å². The molecule has 1 atom stereocenters. The summed E-state index contributed by atoms with van der Waals surface area (Å²) in [6, 6.07) is 3.16. The van der Waals surface area contributed by atoms with Crippen molar-refractivity contribution < 1.29 is 9.13 Å². The van der Waals surface area contributed by atoms with Crippen LogP contribution in [0, 0.1) is 5.82 Å². The fourth-order valence-corrected chi connectivity index (χ4v) is 3.32. The number of piperidine rings is 1. The molecule has 0 aromatic heterocycles. The van der Waals surface area contributed by atoms with Crippen LogP contribution in [-0.2, 0) is 0 Å². The molecule has 4 heteroatoms. The molecule has 1 saturated carbocycles. The maximum atomic E-state index is 13.7. The molecule has 2 nitrogen and oxygen atoms in total. The maximum absolute atomic E-state index is 13.7. The van der Waals surface area contributed by atoms with Crippen molar-refractivity contribution in [1.82, 2.24) is 5.32 Å². The van der Waals surface area contributed by atoms with Crippen LogP contribution in [0.4, 0.5) is 4.39 Å². The lowest BCUT2D eigenvalue weighted by Crippen LogP contribution is -2.30. The Morgan fingerprint density at radius 1 is 1.21 bits per heavy atom. The number of hydrogen-bond acceptors (Lipinski definition) is 2. The molecule has 1 aromatic carbocycles. The number of hydrogen-bond donors (Lipinski definition) is 1. The van der Waals surface area contributed by atoms with Gasteiger partial charge in [0.2, 0.25) is 0 Å². The first-order valence-corrected chi connectivity index (χ1v) is 7.89. The summed E-state index contributed by atoms with van der Waals surface area (Å²) in [7, 11) is 0. The zero-order valence-corrected chi connectivity index (χ0v) is 12.5. The van der Waals surface area contributed by atoms with E-state index in [1.165, 1.54) is 12.5 Å². The van der Waals surface area contributed by atoms with Crippen LogP contribution in [0.1, 0.15) is 43.6 Å². The van der Waals surface area contributed by atoms with E-state index >= 15 is 0 Å². The number of rotatable bonds is 3. The van der Waals surface area contributed by atoms with Gasteiger partial charge in [-0.15, -0.1) is 0 Å². The van der Waals surface area contributed by atoms with Crippen molar-refractivity contribution in [1.29, 1.82) is 0 Å². The molecular weight excluding hydrogens is 309 g/mol. The molecule has 0 amide bonds. The first-order valence-electron chi connectivity index (χ1n) is 7.10. The van der Waals surface area contributed by atoms with Crippen LogP contribution in [0.15, 0.2) is 16.6 Å². The van der Waals surface area contributed by atoms with Crippen molar-refractivity contribution in [3.8, 4) is 5.75 Å². The van der Waals surface area contributed by atoms with Crippen LogP contribution in [-0.4, -0.2) is 19.2 Å². The number of benzene rings is 1. The molecule has 104 valence electrons. The van der Waals surface area contributed by atoms with Crippen LogP contribution in [0.25, 0.3) is 0 Å². The molecular formula is C15H19BrFNO. The minimum Gasteiger partial charge on any atom is -0.489 e. The molecule has 0 spiro atoms. The van der Waals surface area contributed by atoms with Crippen molar-refractivity contribution >= 4 is 15.9 Å². The van der Waals surface area contributed by atoms with Gasteiger partial charge in [-0.25, -0.2) is 4.39 Å². The largest absolute Gasteiger partial charge is 0.489 e. The second-order valence-electron chi connectivity index (χ2n) is 5.52.